The average Bonchev–Trinajstić information content (AvgIpc) is 2.74. The van der Waals surface area contributed by atoms with Crippen molar-refractivity contribution in [1.29, 1.82) is 0 Å². The third-order valence-electron chi connectivity index (χ3n) is 3.98. The summed E-state index contributed by atoms with van der Waals surface area (Å²) < 4.78 is 1.91. The van der Waals surface area contributed by atoms with E-state index in [4.69, 9.17) is 0 Å². The summed E-state index contributed by atoms with van der Waals surface area (Å²) in [7, 11) is 1.95. The van der Waals surface area contributed by atoms with E-state index in [1.807, 2.05) is 31.6 Å². The van der Waals surface area contributed by atoms with E-state index in [2.05, 4.69) is 18.9 Å². The smallest absolute Gasteiger partial charge is 0.335 e. The van der Waals surface area contributed by atoms with Gasteiger partial charge in [0.2, 0.25) is 0 Å². The number of aromatic nitrogens is 2. The summed E-state index contributed by atoms with van der Waals surface area (Å²) in [5.74, 6) is -0.881. The molecule has 1 N–H and O–H groups in total. The Labute approximate surface area is 125 Å². The highest BCUT2D eigenvalue weighted by Gasteiger charge is 2.19. The van der Waals surface area contributed by atoms with Crippen LogP contribution in [0.3, 0.4) is 0 Å². The molecule has 0 saturated carbocycles. The van der Waals surface area contributed by atoms with E-state index in [0.29, 0.717) is 5.56 Å². The molecule has 0 aliphatic carbocycles. The number of rotatable bonds is 4. The van der Waals surface area contributed by atoms with Gasteiger partial charge >= 0.3 is 5.97 Å². The molecule has 0 saturated heterocycles. The van der Waals surface area contributed by atoms with E-state index in [1.54, 1.807) is 6.07 Å². The van der Waals surface area contributed by atoms with Crippen molar-refractivity contribution in [3.8, 4) is 11.1 Å². The molecule has 0 radical (unpaired) electrons. The first-order valence-electron chi connectivity index (χ1n) is 7.30. The lowest BCUT2D eigenvalue weighted by atomic mass is 9.92. The Morgan fingerprint density at radius 3 is 2.38 bits per heavy atom. The monoisotopic (exact) mass is 286 g/mol. The van der Waals surface area contributed by atoms with Crippen LogP contribution in [0, 0.1) is 13.8 Å². The Balaban J connectivity index is 2.78. The molecule has 0 atom stereocenters. The predicted octanol–water partition coefficient (Wildman–Crippen LogP) is 3.53. The van der Waals surface area contributed by atoms with Gasteiger partial charge in [-0.2, -0.15) is 5.10 Å². The number of benzene rings is 1. The van der Waals surface area contributed by atoms with E-state index in [0.717, 1.165) is 46.5 Å². The van der Waals surface area contributed by atoms with Gasteiger partial charge in [0, 0.05) is 18.3 Å². The molecule has 0 aliphatic rings. The van der Waals surface area contributed by atoms with Gasteiger partial charge in [-0.05, 0) is 49.4 Å². The number of carboxylic acids is 1. The number of aromatic carboxylic acids is 1. The van der Waals surface area contributed by atoms with Gasteiger partial charge in [-0.15, -0.1) is 0 Å². The standard InChI is InChI=1S/C17H22N2O2/c1-6-14-16(15(7-2)19(5)18-14)12-9-13(17(20)21)11(4)8-10(12)3/h8-9H,6-7H2,1-5H3,(H,20,21). The second-order valence-corrected chi connectivity index (χ2v) is 5.39. The van der Waals surface area contributed by atoms with Crippen LogP contribution >= 0.6 is 0 Å². The summed E-state index contributed by atoms with van der Waals surface area (Å²) in [6.07, 6.45) is 1.70. The summed E-state index contributed by atoms with van der Waals surface area (Å²) in [4.78, 5) is 11.4. The summed E-state index contributed by atoms with van der Waals surface area (Å²) >= 11 is 0. The van der Waals surface area contributed by atoms with Gasteiger partial charge in [0.25, 0.3) is 0 Å². The molecule has 0 unspecified atom stereocenters. The van der Waals surface area contributed by atoms with Gasteiger partial charge in [-0.3, -0.25) is 4.68 Å². The maximum Gasteiger partial charge on any atom is 0.335 e. The van der Waals surface area contributed by atoms with Crippen LogP contribution in [0.2, 0.25) is 0 Å². The Hall–Kier alpha value is -2.10. The maximum absolute atomic E-state index is 11.4. The third kappa shape index (κ3) is 2.58. The molecule has 0 fully saturated rings. The topological polar surface area (TPSA) is 55.1 Å². The highest BCUT2D eigenvalue weighted by Crippen LogP contribution is 2.32. The Morgan fingerprint density at radius 1 is 1.19 bits per heavy atom. The molecule has 0 bridgehead atoms. The van der Waals surface area contributed by atoms with Crippen LogP contribution < -0.4 is 0 Å². The summed E-state index contributed by atoms with van der Waals surface area (Å²) in [6.45, 7) is 8.04. The second kappa shape index (κ2) is 5.72. The average molecular weight is 286 g/mol. The van der Waals surface area contributed by atoms with Crippen molar-refractivity contribution < 1.29 is 9.90 Å². The van der Waals surface area contributed by atoms with Crippen LogP contribution in [0.1, 0.15) is 46.7 Å². The number of nitrogens with zero attached hydrogens (tertiary/aromatic N) is 2. The fourth-order valence-electron chi connectivity index (χ4n) is 2.94. The van der Waals surface area contributed by atoms with Crippen LogP contribution in [-0.4, -0.2) is 20.9 Å². The van der Waals surface area contributed by atoms with Crippen molar-refractivity contribution in [2.24, 2.45) is 7.05 Å². The van der Waals surface area contributed by atoms with Crippen LogP contribution in [0.25, 0.3) is 11.1 Å². The normalized spacial score (nSPS) is 10.9. The molecule has 1 aromatic carbocycles. The molecule has 1 heterocycles. The van der Waals surface area contributed by atoms with Crippen molar-refractivity contribution in [3.63, 3.8) is 0 Å². The number of carbonyl (C=O) groups is 1. The molecule has 21 heavy (non-hydrogen) atoms. The molecule has 0 amide bonds. The molecule has 112 valence electrons. The van der Waals surface area contributed by atoms with Crippen molar-refractivity contribution in [3.05, 3.63) is 40.2 Å². The first-order chi connectivity index (χ1) is 9.90. The lowest BCUT2D eigenvalue weighted by Gasteiger charge is -2.12. The summed E-state index contributed by atoms with van der Waals surface area (Å²) in [5.41, 5.74) is 6.51. The van der Waals surface area contributed by atoms with E-state index in [-0.39, 0.29) is 0 Å². The Bertz CT molecular complexity index is 699. The Kier molecular flexibility index (Phi) is 4.16. The van der Waals surface area contributed by atoms with Gasteiger partial charge in [-0.25, -0.2) is 4.79 Å². The maximum atomic E-state index is 11.4. The quantitative estimate of drug-likeness (QED) is 0.935. The van der Waals surface area contributed by atoms with Crippen molar-refractivity contribution >= 4 is 5.97 Å². The highest BCUT2D eigenvalue weighted by molar-refractivity contribution is 5.92. The molecule has 0 aliphatic heterocycles. The van der Waals surface area contributed by atoms with E-state index in [9.17, 15) is 9.90 Å². The number of hydrogen-bond donors (Lipinski definition) is 1. The van der Waals surface area contributed by atoms with Crippen LogP contribution in [0.5, 0.6) is 0 Å². The van der Waals surface area contributed by atoms with E-state index >= 15 is 0 Å². The predicted molar refractivity (Wildman–Crippen MR) is 83.8 cm³/mol. The number of carboxylic acid groups (broad SMARTS) is 1. The molecule has 0 spiro atoms. The Morgan fingerprint density at radius 2 is 1.86 bits per heavy atom. The van der Waals surface area contributed by atoms with Gasteiger partial charge in [0.15, 0.2) is 0 Å². The van der Waals surface area contributed by atoms with Gasteiger partial charge in [-0.1, -0.05) is 19.9 Å². The van der Waals surface area contributed by atoms with Crippen molar-refractivity contribution in [1.82, 2.24) is 9.78 Å². The van der Waals surface area contributed by atoms with E-state index < -0.39 is 5.97 Å². The van der Waals surface area contributed by atoms with Crippen LogP contribution in [0.15, 0.2) is 12.1 Å². The molecular weight excluding hydrogens is 264 g/mol. The fourth-order valence-corrected chi connectivity index (χ4v) is 2.94. The van der Waals surface area contributed by atoms with Gasteiger partial charge in [0.1, 0.15) is 0 Å². The highest BCUT2D eigenvalue weighted by atomic mass is 16.4. The van der Waals surface area contributed by atoms with Crippen LogP contribution in [0.4, 0.5) is 0 Å². The molecule has 2 rings (SSSR count). The minimum atomic E-state index is -0.881. The second-order valence-electron chi connectivity index (χ2n) is 5.39. The zero-order valence-corrected chi connectivity index (χ0v) is 13.3. The molecule has 4 nitrogen and oxygen atoms in total. The number of hydrogen-bond acceptors (Lipinski definition) is 2. The minimum Gasteiger partial charge on any atom is -0.478 e. The van der Waals surface area contributed by atoms with Gasteiger partial charge < -0.3 is 5.11 Å². The zero-order chi connectivity index (χ0) is 15.7. The summed E-state index contributed by atoms with van der Waals surface area (Å²) in [5, 5.41) is 13.9. The SMILES string of the molecule is CCc1nn(C)c(CC)c1-c1cc(C(=O)O)c(C)cc1C. The lowest BCUT2D eigenvalue weighted by Crippen LogP contribution is -2.03. The van der Waals surface area contributed by atoms with Crippen LogP contribution in [-0.2, 0) is 19.9 Å². The molecular formula is C17H22N2O2. The summed E-state index contributed by atoms with van der Waals surface area (Å²) in [6, 6.07) is 3.74. The number of aryl methyl sites for hydroxylation is 4. The van der Waals surface area contributed by atoms with E-state index in [1.165, 1.54) is 0 Å². The largest absolute Gasteiger partial charge is 0.478 e. The third-order valence-corrected chi connectivity index (χ3v) is 3.98. The van der Waals surface area contributed by atoms with Gasteiger partial charge in [0.05, 0.1) is 11.3 Å². The first kappa shape index (κ1) is 15.3. The fraction of sp³-hybridized carbons (Fsp3) is 0.412. The van der Waals surface area contributed by atoms with Crippen molar-refractivity contribution in [2.45, 2.75) is 40.5 Å². The molecule has 4 heteroatoms. The van der Waals surface area contributed by atoms with Crippen molar-refractivity contribution in [2.75, 3.05) is 0 Å². The molecule has 1 aromatic heterocycles. The molecule has 2 aromatic rings. The minimum absolute atomic E-state index is 0.364. The first-order valence-corrected chi connectivity index (χ1v) is 7.30. The zero-order valence-electron chi connectivity index (χ0n) is 13.3. The lowest BCUT2D eigenvalue weighted by molar-refractivity contribution is 0.0696.